The summed E-state index contributed by atoms with van der Waals surface area (Å²) in [5.74, 6) is -0.919. The topological polar surface area (TPSA) is 93.3 Å². The highest BCUT2D eigenvalue weighted by Gasteiger charge is 2.38. The van der Waals surface area contributed by atoms with Crippen LogP contribution in [-0.4, -0.2) is 34.9 Å². The fourth-order valence-electron chi connectivity index (χ4n) is 2.57. The molecule has 2 aromatic heterocycles. The monoisotopic (exact) mass is 325 g/mol. The summed E-state index contributed by atoms with van der Waals surface area (Å²) in [6.45, 7) is 0. The van der Waals surface area contributed by atoms with Crippen molar-refractivity contribution < 1.29 is 19.1 Å². The Morgan fingerprint density at radius 3 is 3.08 bits per heavy atom. The first kappa shape index (κ1) is 14.5. The lowest BCUT2D eigenvalue weighted by Crippen LogP contribution is -2.20. The number of nitrogens with one attached hydrogen (secondary N) is 2. The molecule has 1 saturated carbocycles. The fourth-order valence-corrected chi connectivity index (χ4v) is 2.57. The number of ether oxygens (including phenoxy) is 2. The van der Waals surface area contributed by atoms with Gasteiger partial charge >= 0.3 is 5.97 Å². The van der Waals surface area contributed by atoms with E-state index in [9.17, 15) is 9.59 Å². The van der Waals surface area contributed by atoms with Gasteiger partial charge in [-0.25, -0.2) is 9.78 Å². The maximum Gasteiger partial charge on any atom is 0.347 e. The normalized spacial score (nSPS) is 19.0. The Morgan fingerprint density at radius 1 is 1.50 bits per heavy atom. The Labute approximate surface area is 137 Å². The van der Waals surface area contributed by atoms with Crippen LogP contribution in [0, 0.1) is 0 Å². The number of aromatic nitrogens is 2. The number of carbonyl (C=O) groups excluding carboxylic acids is 2. The first-order valence-electron chi connectivity index (χ1n) is 7.63. The Bertz CT molecular complexity index is 905. The quantitative estimate of drug-likeness (QED) is 0.504. The molecule has 2 N–H and O–H groups in total. The van der Waals surface area contributed by atoms with Gasteiger partial charge in [-0.1, -0.05) is 0 Å². The van der Waals surface area contributed by atoms with Gasteiger partial charge in [-0.2, -0.15) is 0 Å². The number of fused-ring (bicyclic) bond motifs is 1. The molecule has 4 rings (SSSR count). The highest BCUT2D eigenvalue weighted by Crippen LogP contribution is 2.30. The van der Waals surface area contributed by atoms with Crippen molar-refractivity contribution in [3.8, 4) is 0 Å². The highest BCUT2D eigenvalue weighted by atomic mass is 16.5. The minimum atomic E-state index is -0.702. The van der Waals surface area contributed by atoms with Crippen LogP contribution in [0.5, 0.6) is 0 Å². The lowest BCUT2D eigenvalue weighted by molar-refractivity contribution is -0.137. The van der Waals surface area contributed by atoms with Crippen molar-refractivity contribution in [1.82, 2.24) is 15.3 Å². The van der Waals surface area contributed by atoms with Crippen molar-refractivity contribution in [2.45, 2.75) is 18.9 Å². The van der Waals surface area contributed by atoms with Crippen molar-refractivity contribution in [3.63, 3.8) is 0 Å². The second kappa shape index (κ2) is 5.52. The molecule has 0 saturated heterocycles. The minimum Gasteiger partial charge on any atom is -0.465 e. The molecule has 0 aromatic carbocycles. The summed E-state index contributed by atoms with van der Waals surface area (Å²) in [5, 5.41) is 3.94. The summed E-state index contributed by atoms with van der Waals surface area (Å²) in [7, 11) is 1.24. The smallest absolute Gasteiger partial charge is 0.347 e. The van der Waals surface area contributed by atoms with Gasteiger partial charge in [-0.3, -0.25) is 4.79 Å². The zero-order chi connectivity index (χ0) is 16.7. The third-order valence-corrected chi connectivity index (χ3v) is 3.96. The van der Waals surface area contributed by atoms with E-state index in [4.69, 9.17) is 9.47 Å². The van der Waals surface area contributed by atoms with Crippen molar-refractivity contribution in [3.05, 3.63) is 47.3 Å². The van der Waals surface area contributed by atoms with E-state index in [1.807, 2.05) is 12.1 Å². The van der Waals surface area contributed by atoms with Gasteiger partial charge in [0, 0.05) is 29.4 Å². The Morgan fingerprint density at radius 2 is 2.33 bits per heavy atom. The van der Waals surface area contributed by atoms with E-state index in [1.54, 1.807) is 18.5 Å². The van der Waals surface area contributed by atoms with Crippen LogP contribution in [0.1, 0.15) is 18.4 Å². The highest BCUT2D eigenvalue weighted by molar-refractivity contribution is 6.26. The van der Waals surface area contributed by atoms with E-state index in [-0.39, 0.29) is 23.3 Å². The number of nitrogens with zero attached hydrogens (tertiary/aromatic N) is 1. The third-order valence-electron chi connectivity index (χ3n) is 3.96. The standard InChI is InChI=1S/C17H15N3O4/c1-23-17(22)13-14(21)12(24-16(13)20-10-4-5-10)7-9-8-19-15-11(9)3-2-6-18-15/h2-3,6-8,10,20H,4-5H2,1H3,(H,18,19)/b12-7-. The molecule has 0 amide bonds. The second-order valence-electron chi connectivity index (χ2n) is 5.70. The number of H-pyrrole nitrogens is 1. The molecule has 122 valence electrons. The van der Waals surface area contributed by atoms with Gasteiger partial charge in [0.2, 0.25) is 11.7 Å². The lowest BCUT2D eigenvalue weighted by Gasteiger charge is -2.06. The molecule has 2 aromatic rings. The molecule has 0 bridgehead atoms. The molecule has 0 radical (unpaired) electrons. The number of hydrogen-bond acceptors (Lipinski definition) is 6. The SMILES string of the molecule is COC(=O)C1=C(NC2CC2)O/C(=C\c2c[nH]c3ncccc23)C1=O. The summed E-state index contributed by atoms with van der Waals surface area (Å²) in [5.41, 5.74) is 1.39. The van der Waals surface area contributed by atoms with Crippen LogP contribution >= 0.6 is 0 Å². The molecule has 0 spiro atoms. The average Bonchev–Trinajstić information content (AvgIpc) is 3.24. The van der Waals surface area contributed by atoms with Crippen LogP contribution in [0.3, 0.4) is 0 Å². The van der Waals surface area contributed by atoms with E-state index >= 15 is 0 Å². The number of allylic oxidation sites excluding steroid dienone is 1. The fraction of sp³-hybridized carbons (Fsp3) is 0.235. The van der Waals surface area contributed by atoms with Crippen molar-refractivity contribution in [2.24, 2.45) is 0 Å². The summed E-state index contributed by atoms with van der Waals surface area (Å²) in [6.07, 6.45) is 7.01. The van der Waals surface area contributed by atoms with Crippen molar-refractivity contribution in [2.75, 3.05) is 7.11 Å². The van der Waals surface area contributed by atoms with Crippen LogP contribution < -0.4 is 5.32 Å². The van der Waals surface area contributed by atoms with Crippen LogP contribution in [0.2, 0.25) is 0 Å². The third kappa shape index (κ3) is 2.44. The van der Waals surface area contributed by atoms with Crippen molar-refractivity contribution >= 4 is 28.9 Å². The summed E-state index contributed by atoms with van der Waals surface area (Å²) >= 11 is 0. The van der Waals surface area contributed by atoms with Gasteiger partial charge in [0.25, 0.3) is 0 Å². The second-order valence-corrected chi connectivity index (χ2v) is 5.70. The van der Waals surface area contributed by atoms with Gasteiger partial charge < -0.3 is 19.8 Å². The minimum absolute atomic E-state index is 0.0864. The Balaban J connectivity index is 1.70. The number of methoxy groups -OCH3 is 1. The molecule has 24 heavy (non-hydrogen) atoms. The summed E-state index contributed by atoms with van der Waals surface area (Å²) < 4.78 is 10.3. The van der Waals surface area contributed by atoms with Crippen LogP contribution in [0.25, 0.3) is 17.1 Å². The molecular weight excluding hydrogens is 310 g/mol. The van der Waals surface area contributed by atoms with E-state index in [1.165, 1.54) is 7.11 Å². The van der Waals surface area contributed by atoms with Gasteiger partial charge in [-0.05, 0) is 31.1 Å². The largest absolute Gasteiger partial charge is 0.465 e. The zero-order valence-electron chi connectivity index (χ0n) is 13.0. The molecule has 2 aliphatic rings. The van der Waals surface area contributed by atoms with Crippen LogP contribution in [-0.2, 0) is 19.1 Å². The molecular formula is C17H15N3O4. The van der Waals surface area contributed by atoms with Crippen LogP contribution in [0.15, 0.2) is 41.7 Å². The predicted octanol–water partition coefficient (Wildman–Crippen LogP) is 1.64. The summed E-state index contributed by atoms with van der Waals surface area (Å²) in [4.78, 5) is 31.7. The summed E-state index contributed by atoms with van der Waals surface area (Å²) in [6, 6.07) is 3.94. The molecule has 0 unspecified atom stereocenters. The van der Waals surface area contributed by atoms with Gasteiger partial charge in [0.1, 0.15) is 5.65 Å². The van der Waals surface area contributed by atoms with Gasteiger partial charge in [-0.15, -0.1) is 0 Å². The van der Waals surface area contributed by atoms with E-state index in [2.05, 4.69) is 15.3 Å². The number of rotatable bonds is 4. The van der Waals surface area contributed by atoms with Crippen LogP contribution in [0.4, 0.5) is 0 Å². The first-order valence-corrected chi connectivity index (χ1v) is 7.63. The number of ketones is 1. The van der Waals surface area contributed by atoms with E-state index < -0.39 is 11.8 Å². The first-order chi connectivity index (χ1) is 11.7. The number of esters is 1. The Hall–Kier alpha value is -3.09. The molecule has 1 aliphatic heterocycles. The lowest BCUT2D eigenvalue weighted by atomic mass is 10.1. The molecule has 7 nitrogen and oxygen atoms in total. The van der Waals surface area contributed by atoms with Gasteiger partial charge in [0.05, 0.1) is 7.11 Å². The van der Waals surface area contributed by atoms with Gasteiger partial charge in [0.15, 0.2) is 11.3 Å². The zero-order valence-corrected chi connectivity index (χ0v) is 13.0. The molecule has 0 atom stereocenters. The van der Waals surface area contributed by atoms with Crippen molar-refractivity contribution in [1.29, 1.82) is 0 Å². The maximum atomic E-state index is 12.6. The predicted molar refractivity (Wildman–Crippen MR) is 85.4 cm³/mol. The molecule has 3 heterocycles. The maximum absolute atomic E-state index is 12.6. The number of hydrogen-bond donors (Lipinski definition) is 2. The number of Topliss-reactive ketones (excluding diaryl/α,β-unsaturated/α-hetero) is 1. The molecule has 1 fully saturated rings. The number of pyridine rings is 1. The van der Waals surface area contributed by atoms with E-state index in [0.717, 1.165) is 23.8 Å². The number of aromatic amines is 1. The van der Waals surface area contributed by atoms with E-state index in [0.29, 0.717) is 5.65 Å². The number of carbonyl (C=O) groups is 2. The molecule has 7 heteroatoms. The molecule has 1 aliphatic carbocycles. The average molecular weight is 325 g/mol. The Kier molecular flexibility index (Phi) is 3.34.